The first-order valence-corrected chi connectivity index (χ1v) is 7.77. The summed E-state index contributed by atoms with van der Waals surface area (Å²) < 4.78 is 2.65. The summed E-state index contributed by atoms with van der Waals surface area (Å²) in [6, 6.07) is 7.28. The van der Waals surface area contributed by atoms with E-state index in [2.05, 4.69) is 21.0 Å². The molecule has 1 aromatic heterocycles. The summed E-state index contributed by atoms with van der Waals surface area (Å²) in [5, 5.41) is 24.8. The zero-order valence-electron chi connectivity index (χ0n) is 12.0. The summed E-state index contributed by atoms with van der Waals surface area (Å²) in [7, 11) is 1.85. The Bertz CT molecular complexity index is 639. The number of benzene rings is 1. The molecule has 2 N–H and O–H groups in total. The van der Waals surface area contributed by atoms with Gasteiger partial charge in [0.2, 0.25) is 0 Å². The van der Waals surface area contributed by atoms with Crippen LogP contribution in [-0.2, 0) is 18.9 Å². The fourth-order valence-electron chi connectivity index (χ4n) is 2.51. The number of hydrogen-bond donors (Lipinski definition) is 2. The number of halogens is 2. The number of aromatic nitrogens is 2. The van der Waals surface area contributed by atoms with Crippen molar-refractivity contribution < 1.29 is 10.2 Å². The van der Waals surface area contributed by atoms with Gasteiger partial charge in [-0.2, -0.15) is 5.10 Å². The predicted octanol–water partition coefficient (Wildman–Crippen LogP) is 2.61. The molecule has 4 nitrogen and oxygen atoms in total. The van der Waals surface area contributed by atoms with Gasteiger partial charge in [0.15, 0.2) is 0 Å². The van der Waals surface area contributed by atoms with Crippen molar-refractivity contribution in [3.63, 3.8) is 0 Å². The van der Waals surface area contributed by atoms with Crippen molar-refractivity contribution in [1.29, 1.82) is 0 Å². The highest BCUT2D eigenvalue weighted by Crippen LogP contribution is 2.35. The van der Waals surface area contributed by atoms with Gasteiger partial charge in [-0.05, 0) is 34.5 Å². The van der Waals surface area contributed by atoms with Gasteiger partial charge in [-0.15, -0.1) is 0 Å². The molecule has 0 saturated carbocycles. The van der Waals surface area contributed by atoms with Gasteiger partial charge in [-0.1, -0.05) is 29.8 Å². The minimum atomic E-state index is -0.846. The van der Waals surface area contributed by atoms with Crippen LogP contribution >= 0.6 is 27.5 Å². The van der Waals surface area contributed by atoms with Crippen LogP contribution in [0.15, 0.2) is 28.7 Å². The van der Waals surface area contributed by atoms with Crippen LogP contribution in [0, 0.1) is 6.92 Å². The van der Waals surface area contributed by atoms with Gasteiger partial charge < -0.3 is 10.2 Å². The van der Waals surface area contributed by atoms with Crippen LogP contribution in [-0.4, -0.2) is 33.2 Å². The van der Waals surface area contributed by atoms with Crippen molar-refractivity contribution in [1.82, 2.24) is 9.78 Å². The molecule has 1 aromatic carbocycles. The van der Waals surface area contributed by atoms with Crippen LogP contribution in [0.1, 0.15) is 17.0 Å². The molecule has 0 aliphatic heterocycles. The lowest BCUT2D eigenvalue weighted by molar-refractivity contribution is 0.114. The minimum absolute atomic E-state index is 0.204. The van der Waals surface area contributed by atoms with Crippen LogP contribution < -0.4 is 0 Å². The molecule has 0 amide bonds. The molecule has 0 fully saturated rings. The van der Waals surface area contributed by atoms with E-state index in [0.29, 0.717) is 11.4 Å². The molecule has 0 bridgehead atoms. The Morgan fingerprint density at radius 3 is 2.38 bits per heavy atom. The van der Waals surface area contributed by atoms with Gasteiger partial charge >= 0.3 is 0 Å². The molecule has 0 unspecified atom stereocenters. The highest BCUT2D eigenvalue weighted by atomic mass is 79.9. The first-order valence-electron chi connectivity index (χ1n) is 6.60. The third-order valence-electron chi connectivity index (χ3n) is 3.82. The predicted molar refractivity (Wildman–Crippen MR) is 86.7 cm³/mol. The quantitative estimate of drug-likeness (QED) is 0.847. The summed E-state index contributed by atoms with van der Waals surface area (Å²) >= 11 is 9.78. The molecule has 1 heterocycles. The molecular formula is C15H18BrClN2O2. The molecule has 0 saturated heterocycles. The molecule has 2 rings (SSSR count). The van der Waals surface area contributed by atoms with E-state index in [4.69, 9.17) is 11.6 Å². The lowest BCUT2D eigenvalue weighted by Crippen LogP contribution is -2.38. The SMILES string of the molecule is Cc1nn(C)c(CC(CO)(CO)c2ccccc2Cl)c1Br. The Labute approximate surface area is 137 Å². The maximum atomic E-state index is 9.94. The average molecular weight is 374 g/mol. The standard InChI is InChI=1S/C15H18BrClN2O2/c1-10-14(16)13(19(2)18-10)7-15(8-20,9-21)11-5-3-4-6-12(11)17/h3-6,20-21H,7-9H2,1-2H3. The Morgan fingerprint density at radius 1 is 1.29 bits per heavy atom. The Morgan fingerprint density at radius 2 is 1.90 bits per heavy atom. The number of aliphatic hydroxyl groups is 2. The second kappa shape index (κ2) is 6.48. The van der Waals surface area contributed by atoms with Crippen molar-refractivity contribution >= 4 is 27.5 Å². The van der Waals surface area contributed by atoms with Crippen molar-refractivity contribution in [3.8, 4) is 0 Å². The molecular weight excluding hydrogens is 356 g/mol. The van der Waals surface area contributed by atoms with E-state index in [1.54, 1.807) is 10.7 Å². The normalized spacial score (nSPS) is 11.9. The lowest BCUT2D eigenvalue weighted by Gasteiger charge is -2.31. The largest absolute Gasteiger partial charge is 0.395 e. The molecule has 0 radical (unpaired) electrons. The van der Waals surface area contributed by atoms with E-state index in [9.17, 15) is 10.2 Å². The number of hydrogen-bond acceptors (Lipinski definition) is 3. The van der Waals surface area contributed by atoms with E-state index in [1.807, 2.05) is 32.2 Å². The van der Waals surface area contributed by atoms with E-state index in [0.717, 1.165) is 21.4 Å². The van der Waals surface area contributed by atoms with Gasteiger partial charge in [0.25, 0.3) is 0 Å². The smallest absolute Gasteiger partial charge is 0.0738 e. The summed E-state index contributed by atoms with van der Waals surface area (Å²) in [5.41, 5.74) is 1.68. The second-order valence-electron chi connectivity index (χ2n) is 5.22. The highest BCUT2D eigenvalue weighted by molar-refractivity contribution is 9.10. The summed E-state index contributed by atoms with van der Waals surface area (Å²) in [4.78, 5) is 0. The molecule has 6 heteroatoms. The lowest BCUT2D eigenvalue weighted by atomic mass is 9.78. The zero-order valence-corrected chi connectivity index (χ0v) is 14.3. The fourth-order valence-corrected chi connectivity index (χ4v) is 3.32. The topological polar surface area (TPSA) is 58.3 Å². The highest BCUT2D eigenvalue weighted by Gasteiger charge is 2.35. The van der Waals surface area contributed by atoms with Gasteiger partial charge in [0, 0.05) is 23.9 Å². The summed E-state index contributed by atoms with van der Waals surface area (Å²) in [5.74, 6) is 0. The third-order valence-corrected chi connectivity index (χ3v) is 5.18. The van der Waals surface area contributed by atoms with Crippen LogP contribution in [0.3, 0.4) is 0 Å². The number of rotatable bonds is 5. The van der Waals surface area contributed by atoms with Crippen LogP contribution in [0.25, 0.3) is 0 Å². The third kappa shape index (κ3) is 3.01. The molecule has 114 valence electrons. The van der Waals surface area contributed by atoms with E-state index in [1.165, 1.54) is 0 Å². The number of aryl methyl sites for hydroxylation is 2. The van der Waals surface area contributed by atoms with E-state index < -0.39 is 5.41 Å². The van der Waals surface area contributed by atoms with Gasteiger partial charge in [-0.3, -0.25) is 4.68 Å². The molecule has 2 aromatic rings. The second-order valence-corrected chi connectivity index (χ2v) is 6.42. The maximum Gasteiger partial charge on any atom is 0.0738 e. The molecule has 0 aliphatic carbocycles. The van der Waals surface area contributed by atoms with Crippen molar-refractivity contribution in [2.75, 3.05) is 13.2 Å². The number of aliphatic hydroxyl groups excluding tert-OH is 2. The molecule has 21 heavy (non-hydrogen) atoms. The van der Waals surface area contributed by atoms with Crippen LogP contribution in [0.5, 0.6) is 0 Å². The minimum Gasteiger partial charge on any atom is -0.395 e. The Kier molecular flexibility index (Phi) is 5.09. The molecule has 0 atom stereocenters. The van der Waals surface area contributed by atoms with E-state index >= 15 is 0 Å². The van der Waals surface area contributed by atoms with E-state index in [-0.39, 0.29) is 13.2 Å². The van der Waals surface area contributed by atoms with Crippen molar-refractivity contribution in [2.24, 2.45) is 7.05 Å². The number of nitrogens with zero attached hydrogens (tertiary/aromatic N) is 2. The van der Waals surface area contributed by atoms with Crippen molar-refractivity contribution in [3.05, 3.63) is 50.7 Å². The molecule has 0 spiro atoms. The van der Waals surface area contributed by atoms with Crippen LogP contribution in [0.2, 0.25) is 5.02 Å². The maximum absolute atomic E-state index is 9.94. The zero-order chi connectivity index (χ0) is 15.6. The first kappa shape index (κ1) is 16.5. The Balaban J connectivity index is 2.51. The Hall–Kier alpha value is -0.880. The first-order chi connectivity index (χ1) is 9.95. The van der Waals surface area contributed by atoms with Gasteiger partial charge in [0.05, 0.1) is 29.1 Å². The summed E-state index contributed by atoms with van der Waals surface area (Å²) in [6.07, 6.45) is 0.432. The van der Waals surface area contributed by atoms with Gasteiger partial charge in [0.1, 0.15) is 0 Å². The molecule has 0 aliphatic rings. The van der Waals surface area contributed by atoms with Crippen LogP contribution in [0.4, 0.5) is 0 Å². The van der Waals surface area contributed by atoms with Gasteiger partial charge in [-0.25, -0.2) is 0 Å². The van der Waals surface area contributed by atoms with Crippen molar-refractivity contribution in [2.45, 2.75) is 18.8 Å². The monoisotopic (exact) mass is 372 g/mol. The summed E-state index contributed by atoms with van der Waals surface area (Å²) in [6.45, 7) is 1.50. The fraction of sp³-hybridized carbons (Fsp3) is 0.400. The average Bonchev–Trinajstić information content (AvgIpc) is 2.71.